The number of allylic oxidation sites excluding steroid dienone is 1. The van der Waals surface area contributed by atoms with Gasteiger partial charge in [0, 0.05) is 18.5 Å². The van der Waals surface area contributed by atoms with Gasteiger partial charge in [-0.3, -0.25) is 4.90 Å². The van der Waals surface area contributed by atoms with Gasteiger partial charge >= 0.3 is 6.18 Å². The van der Waals surface area contributed by atoms with E-state index in [0.29, 0.717) is 24.4 Å². The Balaban J connectivity index is 1.56. The maximum Gasteiger partial charge on any atom is 0.416 e. The molecule has 0 heterocycles. The number of rotatable bonds is 8. The summed E-state index contributed by atoms with van der Waals surface area (Å²) in [5.41, 5.74) is 0.445. The Kier molecular flexibility index (Phi) is 8.66. The second-order valence-corrected chi connectivity index (χ2v) is 11.2. The van der Waals surface area contributed by atoms with Crippen LogP contribution in [-0.2, 0) is 6.18 Å². The van der Waals surface area contributed by atoms with Crippen LogP contribution in [0.5, 0.6) is 0 Å². The summed E-state index contributed by atoms with van der Waals surface area (Å²) in [4.78, 5) is 2.79. The van der Waals surface area contributed by atoms with Crippen molar-refractivity contribution in [2.45, 2.75) is 114 Å². The summed E-state index contributed by atoms with van der Waals surface area (Å²) in [6, 6.07) is 6.91. The maximum atomic E-state index is 13.2. The summed E-state index contributed by atoms with van der Waals surface area (Å²) in [6.45, 7) is 4.82. The van der Waals surface area contributed by atoms with E-state index in [1.165, 1.54) is 76.3 Å². The van der Waals surface area contributed by atoms with E-state index in [2.05, 4.69) is 11.5 Å². The van der Waals surface area contributed by atoms with Gasteiger partial charge in [0.25, 0.3) is 0 Å². The molecular formula is C29H42F3NO. The van der Waals surface area contributed by atoms with Gasteiger partial charge in [0.2, 0.25) is 0 Å². The highest BCUT2D eigenvalue weighted by molar-refractivity contribution is 5.29. The monoisotopic (exact) mass is 477 g/mol. The zero-order valence-corrected chi connectivity index (χ0v) is 20.5. The topological polar surface area (TPSA) is 23.5 Å². The third kappa shape index (κ3) is 6.59. The van der Waals surface area contributed by atoms with Gasteiger partial charge in [-0.25, -0.2) is 0 Å². The van der Waals surface area contributed by atoms with Crippen molar-refractivity contribution in [2.75, 3.05) is 6.54 Å². The van der Waals surface area contributed by atoms with Crippen LogP contribution in [0.1, 0.15) is 107 Å². The highest BCUT2D eigenvalue weighted by Gasteiger charge is 2.39. The molecule has 1 aromatic carbocycles. The summed E-state index contributed by atoms with van der Waals surface area (Å²) in [5, 5.41) is 9.83. The number of alkyl halides is 3. The average molecular weight is 478 g/mol. The van der Waals surface area contributed by atoms with Crippen molar-refractivity contribution in [2.24, 2.45) is 11.8 Å². The Bertz CT molecular complexity index is 778. The summed E-state index contributed by atoms with van der Waals surface area (Å²) < 4.78 is 39.6. The van der Waals surface area contributed by atoms with E-state index in [1.807, 2.05) is 0 Å². The molecule has 0 saturated heterocycles. The van der Waals surface area contributed by atoms with E-state index in [-0.39, 0.29) is 11.7 Å². The molecule has 0 amide bonds. The van der Waals surface area contributed by atoms with E-state index in [9.17, 15) is 18.3 Å². The lowest BCUT2D eigenvalue weighted by Gasteiger charge is -2.46. The SMILES string of the molecule is C=C(O)C[C@@H]1CC[C@@H](N(CCC2CCCCC2)C2CCCC2)[C@H](c2ccc(C(F)(F)F)cc2)C1. The molecule has 1 N–H and O–H groups in total. The molecule has 3 atom stereocenters. The highest BCUT2D eigenvalue weighted by Crippen LogP contribution is 2.44. The molecule has 0 aliphatic heterocycles. The Morgan fingerprint density at radius 3 is 2.15 bits per heavy atom. The number of benzene rings is 1. The van der Waals surface area contributed by atoms with Gasteiger partial charge in [0.15, 0.2) is 0 Å². The minimum atomic E-state index is -4.31. The lowest BCUT2D eigenvalue weighted by Crippen LogP contribution is -2.48. The van der Waals surface area contributed by atoms with Gasteiger partial charge in [-0.2, -0.15) is 13.2 Å². The van der Waals surface area contributed by atoms with Gasteiger partial charge in [-0.15, -0.1) is 0 Å². The first-order valence-electron chi connectivity index (χ1n) is 13.6. The molecule has 190 valence electrons. The molecule has 4 rings (SSSR count). The summed E-state index contributed by atoms with van der Waals surface area (Å²) in [7, 11) is 0. The maximum absolute atomic E-state index is 13.2. The van der Waals surface area contributed by atoms with Crippen molar-refractivity contribution < 1.29 is 18.3 Å². The standard InChI is InChI=1S/C29H42F3NO/c1-21(34)19-23-11-16-28(27(20-23)24-12-14-25(15-13-24)29(30,31)32)33(26-9-5-6-10-26)18-17-22-7-3-2-4-8-22/h12-15,22-23,26-28,34H,1-11,16-20H2/t23-,27-,28+/m0/s1. The zero-order chi connectivity index (χ0) is 24.1. The fourth-order valence-corrected chi connectivity index (χ4v) is 7.10. The second kappa shape index (κ2) is 11.5. The molecule has 3 fully saturated rings. The lowest BCUT2D eigenvalue weighted by atomic mass is 9.72. The normalized spacial score (nSPS) is 27.4. The quantitative estimate of drug-likeness (QED) is 0.379. The Morgan fingerprint density at radius 2 is 1.53 bits per heavy atom. The molecule has 2 nitrogen and oxygen atoms in total. The van der Waals surface area contributed by atoms with Gasteiger partial charge in [0.1, 0.15) is 0 Å². The first kappa shape index (κ1) is 25.6. The fourth-order valence-electron chi connectivity index (χ4n) is 7.10. The predicted molar refractivity (Wildman–Crippen MR) is 132 cm³/mol. The Morgan fingerprint density at radius 1 is 0.882 bits per heavy atom. The van der Waals surface area contributed by atoms with Crippen LogP contribution in [0.25, 0.3) is 0 Å². The first-order chi connectivity index (χ1) is 16.3. The highest BCUT2D eigenvalue weighted by atomic mass is 19.4. The van der Waals surface area contributed by atoms with E-state index >= 15 is 0 Å². The van der Waals surface area contributed by atoms with Gasteiger partial charge < -0.3 is 5.11 Å². The van der Waals surface area contributed by atoms with Crippen LogP contribution >= 0.6 is 0 Å². The fraction of sp³-hybridized carbons (Fsp3) is 0.724. The van der Waals surface area contributed by atoms with Crippen LogP contribution < -0.4 is 0 Å². The molecule has 5 heteroatoms. The van der Waals surface area contributed by atoms with Crippen molar-refractivity contribution in [1.29, 1.82) is 0 Å². The summed E-state index contributed by atoms with van der Waals surface area (Å²) >= 11 is 0. The van der Waals surface area contributed by atoms with Crippen molar-refractivity contribution in [3.05, 3.63) is 47.7 Å². The number of hydrogen-bond donors (Lipinski definition) is 1. The van der Waals surface area contributed by atoms with Crippen molar-refractivity contribution in [3.63, 3.8) is 0 Å². The van der Waals surface area contributed by atoms with E-state index in [1.54, 1.807) is 12.1 Å². The van der Waals surface area contributed by atoms with E-state index in [0.717, 1.165) is 37.3 Å². The van der Waals surface area contributed by atoms with Crippen LogP contribution in [0.15, 0.2) is 36.6 Å². The second-order valence-electron chi connectivity index (χ2n) is 11.2. The zero-order valence-electron chi connectivity index (χ0n) is 20.5. The van der Waals surface area contributed by atoms with E-state index in [4.69, 9.17) is 0 Å². The third-order valence-electron chi connectivity index (χ3n) is 8.85. The molecule has 0 radical (unpaired) electrons. The minimum Gasteiger partial charge on any atom is -0.513 e. The number of hydrogen-bond acceptors (Lipinski definition) is 2. The molecule has 0 aromatic heterocycles. The van der Waals surface area contributed by atoms with Crippen LogP contribution in [0.3, 0.4) is 0 Å². The number of nitrogens with zero attached hydrogens (tertiary/aromatic N) is 1. The molecule has 34 heavy (non-hydrogen) atoms. The van der Waals surface area contributed by atoms with Gasteiger partial charge in [0.05, 0.1) is 11.3 Å². The van der Waals surface area contributed by atoms with Gasteiger partial charge in [-0.05, 0) is 80.5 Å². The third-order valence-corrected chi connectivity index (χ3v) is 8.85. The molecule has 3 aliphatic rings. The Hall–Kier alpha value is -1.49. The van der Waals surface area contributed by atoms with E-state index < -0.39 is 11.7 Å². The van der Waals surface area contributed by atoms with Crippen LogP contribution in [0.4, 0.5) is 13.2 Å². The summed E-state index contributed by atoms with van der Waals surface area (Å²) in [5.74, 6) is 1.59. The average Bonchev–Trinajstić information content (AvgIpc) is 3.34. The number of halogens is 3. The minimum absolute atomic E-state index is 0.201. The van der Waals surface area contributed by atoms with Gasteiger partial charge in [-0.1, -0.05) is 63.7 Å². The van der Waals surface area contributed by atoms with Crippen LogP contribution in [0.2, 0.25) is 0 Å². The summed E-state index contributed by atoms with van der Waals surface area (Å²) in [6.07, 6.45) is 12.4. The van der Waals surface area contributed by atoms with Crippen molar-refractivity contribution in [3.8, 4) is 0 Å². The van der Waals surface area contributed by atoms with Crippen molar-refractivity contribution >= 4 is 0 Å². The Labute approximate surface area is 203 Å². The molecule has 1 aromatic rings. The van der Waals surface area contributed by atoms with Crippen molar-refractivity contribution in [1.82, 2.24) is 4.90 Å². The first-order valence-corrected chi connectivity index (χ1v) is 13.6. The molecule has 0 spiro atoms. The molecule has 3 aliphatic carbocycles. The lowest BCUT2D eigenvalue weighted by molar-refractivity contribution is -0.137. The molecule has 0 unspecified atom stereocenters. The molecule has 3 saturated carbocycles. The smallest absolute Gasteiger partial charge is 0.416 e. The number of aliphatic hydroxyl groups excluding tert-OH is 1. The number of aliphatic hydroxyl groups is 1. The molecule has 0 bridgehead atoms. The predicted octanol–water partition coefficient (Wildman–Crippen LogP) is 8.63. The molecular weight excluding hydrogens is 435 g/mol. The van der Waals surface area contributed by atoms with Crippen LogP contribution in [0, 0.1) is 11.8 Å². The largest absolute Gasteiger partial charge is 0.513 e. The van der Waals surface area contributed by atoms with Crippen LogP contribution in [-0.4, -0.2) is 28.6 Å².